The van der Waals surface area contributed by atoms with Crippen molar-refractivity contribution < 1.29 is 0 Å². The van der Waals surface area contributed by atoms with Crippen molar-refractivity contribution in [2.24, 2.45) is 0 Å². The summed E-state index contributed by atoms with van der Waals surface area (Å²) in [5.74, 6) is 2.71. The van der Waals surface area contributed by atoms with Crippen molar-refractivity contribution in [3.63, 3.8) is 0 Å². The number of aryl methyl sites for hydroxylation is 1. The Bertz CT molecular complexity index is 386. The van der Waals surface area contributed by atoms with E-state index < -0.39 is 0 Å². The summed E-state index contributed by atoms with van der Waals surface area (Å²) in [4.78, 5) is 7.93. The summed E-state index contributed by atoms with van der Waals surface area (Å²) in [6.45, 7) is 6.02. The maximum Gasteiger partial charge on any atom is 0.0897 e. The monoisotopic (exact) mass is 249 g/mol. The average molecular weight is 249 g/mol. The van der Waals surface area contributed by atoms with Crippen molar-refractivity contribution in [3.05, 3.63) is 16.1 Å². The van der Waals surface area contributed by atoms with Gasteiger partial charge in [-0.25, -0.2) is 4.98 Å². The molecule has 0 aliphatic carbocycles. The Hall–Kier alpha value is -0.890. The molecule has 1 aliphatic heterocycles. The standard InChI is InChI=1S/C13H19N3S/c1-3-6-16-7-4-12(5-8-16)15-10-13-9-14-11(2)17-13/h1,9,12,15H,4-8,10H2,2H3. The molecule has 4 heteroatoms. The summed E-state index contributed by atoms with van der Waals surface area (Å²) in [5.41, 5.74) is 0. The van der Waals surface area contributed by atoms with Crippen molar-refractivity contribution in [1.82, 2.24) is 15.2 Å². The van der Waals surface area contributed by atoms with E-state index in [9.17, 15) is 0 Å². The number of nitrogens with zero attached hydrogens (tertiary/aromatic N) is 2. The number of hydrogen-bond donors (Lipinski definition) is 1. The Morgan fingerprint density at radius 1 is 1.59 bits per heavy atom. The van der Waals surface area contributed by atoms with Crippen LogP contribution < -0.4 is 5.32 Å². The fourth-order valence-corrected chi connectivity index (χ4v) is 2.90. The zero-order valence-corrected chi connectivity index (χ0v) is 11.1. The van der Waals surface area contributed by atoms with Gasteiger partial charge < -0.3 is 5.32 Å². The van der Waals surface area contributed by atoms with Crippen LogP contribution in [0.1, 0.15) is 22.7 Å². The first-order valence-electron chi connectivity index (χ1n) is 6.08. The number of likely N-dealkylation sites (tertiary alicyclic amines) is 1. The van der Waals surface area contributed by atoms with Crippen LogP contribution in [0.4, 0.5) is 0 Å². The number of terminal acetylenes is 1. The first kappa shape index (κ1) is 12.6. The quantitative estimate of drug-likeness (QED) is 0.822. The Morgan fingerprint density at radius 3 is 2.94 bits per heavy atom. The number of piperidine rings is 1. The van der Waals surface area contributed by atoms with Gasteiger partial charge in [-0.1, -0.05) is 5.92 Å². The third-order valence-electron chi connectivity index (χ3n) is 3.14. The van der Waals surface area contributed by atoms with Gasteiger partial charge in [-0.3, -0.25) is 4.90 Å². The van der Waals surface area contributed by atoms with Crippen LogP contribution in [-0.4, -0.2) is 35.6 Å². The van der Waals surface area contributed by atoms with Gasteiger partial charge in [0.1, 0.15) is 0 Å². The van der Waals surface area contributed by atoms with Gasteiger partial charge in [-0.15, -0.1) is 17.8 Å². The van der Waals surface area contributed by atoms with E-state index in [1.807, 2.05) is 13.1 Å². The minimum Gasteiger partial charge on any atom is -0.309 e. The summed E-state index contributed by atoms with van der Waals surface area (Å²) in [6.07, 6.45) is 9.68. The molecule has 1 saturated heterocycles. The molecule has 1 aliphatic rings. The third-order valence-corrected chi connectivity index (χ3v) is 4.05. The van der Waals surface area contributed by atoms with Gasteiger partial charge in [0.15, 0.2) is 0 Å². The zero-order chi connectivity index (χ0) is 12.1. The predicted octanol–water partition coefficient (Wildman–Crippen LogP) is 1.64. The van der Waals surface area contributed by atoms with Crippen LogP contribution in [0.3, 0.4) is 0 Å². The van der Waals surface area contributed by atoms with E-state index in [0.717, 1.165) is 31.2 Å². The average Bonchev–Trinajstić information content (AvgIpc) is 2.75. The van der Waals surface area contributed by atoms with Crippen LogP contribution in [0, 0.1) is 19.3 Å². The van der Waals surface area contributed by atoms with Gasteiger partial charge in [0.2, 0.25) is 0 Å². The molecule has 0 amide bonds. The lowest BCUT2D eigenvalue weighted by atomic mass is 10.1. The van der Waals surface area contributed by atoms with Gasteiger partial charge in [-0.2, -0.15) is 0 Å². The van der Waals surface area contributed by atoms with E-state index in [2.05, 4.69) is 21.1 Å². The van der Waals surface area contributed by atoms with Crippen LogP contribution in [0.5, 0.6) is 0 Å². The molecule has 1 fully saturated rings. The fraction of sp³-hybridized carbons (Fsp3) is 0.615. The summed E-state index contributed by atoms with van der Waals surface area (Å²) < 4.78 is 0. The molecule has 0 spiro atoms. The summed E-state index contributed by atoms with van der Waals surface area (Å²) in [6, 6.07) is 0.631. The molecule has 0 saturated carbocycles. The highest BCUT2D eigenvalue weighted by Gasteiger charge is 2.17. The molecule has 0 bridgehead atoms. The Balaban J connectivity index is 1.70. The van der Waals surface area contributed by atoms with E-state index in [1.54, 1.807) is 11.3 Å². The molecule has 0 radical (unpaired) electrons. The number of hydrogen-bond acceptors (Lipinski definition) is 4. The Morgan fingerprint density at radius 2 is 2.35 bits per heavy atom. The molecule has 17 heavy (non-hydrogen) atoms. The van der Waals surface area contributed by atoms with E-state index in [4.69, 9.17) is 6.42 Å². The molecule has 3 nitrogen and oxygen atoms in total. The summed E-state index contributed by atoms with van der Waals surface area (Å²) >= 11 is 1.77. The van der Waals surface area contributed by atoms with Crippen molar-refractivity contribution >= 4 is 11.3 Å². The minimum atomic E-state index is 0.631. The fourth-order valence-electron chi connectivity index (χ4n) is 2.16. The molecule has 0 unspecified atom stereocenters. The normalized spacial score (nSPS) is 18.1. The number of nitrogens with one attached hydrogen (secondary N) is 1. The largest absolute Gasteiger partial charge is 0.309 e. The van der Waals surface area contributed by atoms with E-state index in [1.165, 1.54) is 17.7 Å². The molecule has 0 atom stereocenters. The van der Waals surface area contributed by atoms with Crippen LogP contribution >= 0.6 is 11.3 Å². The van der Waals surface area contributed by atoms with E-state index in [0.29, 0.717) is 6.04 Å². The molecule has 1 aromatic rings. The van der Waals surface area contributed by atoms with E-state index >= 15 is 0 Å². The lowest BCUT2D eigenvalue weighted by molar-refractivity contribution is 0.217. The zero-order valence-electron chi connectivity index (χ0n) is 10.3. The highest BCUT2D eigenvalue weighted by molar-refractivity contribution is 7.11. The highest BCUT2D eigenvalue weighted by atomic mass is 32.1. The predicted molar refractivity (Wildman–Crippen MR) is 72.0 cm³/mol. The summed E-state index contributed by atoms with van der Waals surface area (Å²) in [7, 11) is 0. The van der Waals surface area contributed by atoms with Gasteiger partial charge in [0.05, 0.1) is 11.6 Å². The molecule has 1 N–H and O–H groups in total. The van der Waals surface area contributed by atoms with Crippen molar-refractivity contribution in [3.8, 4) is 12.3 Å². The molecular formula is C13H19N3S. The molecule has 2 rings (SSSR count). The van der Waals surface area contributed by atoms with Gasteiger partial charge in [0, 0.05) is 36.8 Å². The highest BCUT2D eigenvalue weighted by Crippen LogP contribution is 2.14. The van der Waals surface area contributed by atoms with Gasteiger partial charge >= 0.3 is 0 Å². The lowest BCUT2D eigenvalue weighted by Gasteiger charge is -2.31. The van der Waals surface area contributed by atoms with Crippen LogP contribution in [0.2, 0.25) is 0 Å². The van der Waals surface area contributed by atoms with Gasteiger partial charge in [0.25, 0.3) is 0 Å². The first-order valence-corrected chi connectivity index (χ1v) is 6.90. The number of rotatable bonds is 4. The topological polar surface area (TPSA) is 28.2 Å². The van der Waals surface area contributed by atoms with Crippen molar-refractivity contribution in [2.75, 3.05) is 19.6 Å². The number of aromatic nitrogens is 1. The van der Waals surface area contributed by atoms with Crippen molar-refractivity contribution in [1.29, 1.82) is 0 Å². The second-order valence-corrected chi connectivity index (χ2v) is 5.80. The molecular weight excluding hydrogens is 230 g/mol. The van der Waals surface area contributed by atoms with E-state index in [-0.39, 0.29) is 0 Å². The molecule has 0 aromatic carbocycles. The summed E-state index contributed by atoms with van der Waals surface area (Å²) in [5, 5.41) is 4.75. The number of thiazole rings is 1. The third kappa shape index (κ3) is 3.81. The maximum absolute atomic E-state index is 5.32. The van der Waals surface area contributed by atoms with Crippen LogP contribution in [-0.2, 0) is 6.54 Å². The second kappa shape index (κ2) is 6.15. The lowest BCUT2D eigenvalue weighted by Crippen LogP contribution is -2.42. The Labute approximate surface area is 107 Å². The molecule has 92 valence electrons. The van der Waals surface area contributed by atoms with Crippen LogP contribution in [0.15, 0.2) is 6.20 Å². The Kier molecular flexibility index (Phi) is 4.55. The second-order valence-electron chi connectivity index (χ2n) is 4.48. The molecule has 2 heterocycles. The van der Waals surface area contributed by atoms with Crippen LogP contribution in [0.25, 0.3) is 0 Å². The first-order chi connectivity index (χ1) is 8.28. The van der Waals surface area contributed by atoms with Gasteiger partial charge in [-0.05, 0) is 19.8 Å². The SMILES string of the molecule is C#CCN1CCC(NCc2cnc(C)s2)CC1. The molecule has 1 aromatic heterocycles. The van der Waals surface area contributed by atoms with Crippen molar-refractivity contribution in [2.45, 2.75) is 32.4 Å². The maximum atomic E-state index is 5.32. The minimum absolute atomic E-state index is 0.631. The smallest absolute Gasteiger partial charge is 0.0897 e.